The number of methoxy groups -OCH3 is 1. The highest BCUT2D eigenvalue weighted by molar-refractivity contribution is 7.89. The van der Waals surface area contributed by atoms with Gasteiger partial charge in [0.2, 0.25) is 15.9 Å². The lowest BCUT2D eigenvalue weighted by molar-refractivity contribution is -0.131. The fourth-order valence-corrected chi connectivity index (χ4v) is 4.37. The summed E-state index contributed by atoms with van der Waals surface area (Å²) in [5.74, 6) is -1.56. The van der Waals surface area contributed by atoms with Gasteiger partial charge < -0.3 is 10.1 Å². The Morgan fingerprint density at radius 1 is 1.37 bits per heavy atom. The minimum absolute atomic E-state index is 0.0610. The molecule has 1 aromatic carbocycles. The number of rotatable bonds is 6. The minimum atomic E-state index is -3.53. The van der Waals surface area contributed by atoms with Crippen molar-refractivity contribution in [2.75, 3.05) is 26.0 Å². The second-order valence-corrected chi connectivity index (χ2v) is 8.39. The average molecular weight is 391 g/mol. The smallest absolute Gasteiger partial charge is 0.262 e. The molecule has 1 aromatic rings. The first-order valence-corrected chi connectivity index (χ1v) is 10.2. The van der Waals surface area contributed by atoms with E-state index in [0.29, 0.717) is 19.5 Å². The van der Waals surface area contributed by atoms with E-state index in [1.807, 2.05) is 18.2 Å². The third kappa shape index (κ3) is 4.42. The summed E-state index contributed by atoms with van der Waals surface area (Å²) in [6.45, 7) is 0.623. The van der Waals surface area contributed by atoms with Crippen molar-refractivity contribution in [3.05, 3.63) is 41.5 Å². The van der Waals surface area contributed by atoms with Gasteiger partial charge in [0.05, 0.1) is 12.9 Å². The van der Waals surface area contributed by atoms with Crippen molar-refractivity contribution in [2.45, 2.75) is 13.0 Å². The van der Waals surface area contributed by atoms with Gasteiger partial charge in [0.1, 0.15) is 11.7 Å². The molecule has 144 valence electrons. The highest BCUT2D eigenvalue weighted by Crippen LogP contribution is 2.25. The molecule has 8 nitrogen and oxygen atoms in total. The van der Waals surface area contributed by atoms with Gasteiger partial charge in [-0.25, -0.2) is 13.4 Å². The Morgan fingerprint density at radius 3 is 2.93 bits per heavy atom. The number of carbonyl (C=O) groups excluding carboxylic acids is 2. The summed E-state index contributed by atoms with van der Waals surface area (Å²) in [7, 11) is -1.93. The largest absolute Gasteiger partial charge is 0.497 e. The molecule has 1 N–H and O–H groups in total. The highest BCUT2D eigenvalue weighted by Gasteiger charge is 2.28. The van der Waals surface area contributed by atoms with Crippen LogP contribution in [0.15, 0.2) is 35.3 Å². The Kier molecular flexibility index (Phi) is 5.71. The standard InChI is InChI=1S/C18H21N3O5S/c1-26-15-5-4-14-12-21(9-6-13(14)11-15)27(24,25)10-8-20-18(23)16-3-2-7-19-17(16)22/h2-5,7,11,16H,6,8-10,12H2,1H3,(H,20,23). The van der Waals surface area contributed by atoms with Crippen molar-refractivity contribution in [2.24, 2.45) is 10.9 Å². The number of hydrogen-bond acceptors (Lipinski definition) is 5. The van der Waals surface area contributed by atoms with Crippen LogP contribution in [-0.4, -0.2) is 56.7 Å². The first-order chi connectivity index (χ1) is 12.9. The molecule has 0 radical (unpaired) electrons. The van der Waals surface area contributed by atoms with E-state index in [1.54, 1.807) is 7.11 Å². The number of amides is 2. The highest BCUT2D eigenvalue weighted by atomic mass is 32.2. The lowest BCUT2D eigenvalue weighted by Gasteiger charge is -2.28. The molecular formula is C18H21N3O5S. The van der Waals surface area contributed by atoms with Crippen LogP contribution in [0.1, 0.15) is 11.1 Å². The lowest BCUT2D eigenvalue weighted by Crippen LogP contribution is -2.42. The third-order valence-corrected chi connectivity index (χ3v) is 6.40. The second-order valence-electron chi connectivity index (χ2n) is 6.30. The van der Waals surface area contributed by atoms with Crippen LogP contribution in [0, 0.1) is 5.92 Å². The number of fused-ring (bicyclic) bond motifs is 1. The maximum atomic E-state index is 12.6. The average Bonchev–Trinajstić information content (AvgIpc) is 2.67. The summed E-state index contributed by atoms with van der Waals surface area (Å²) in [5.41, 5.74) is 2.03. The van der Waals surface area contributed by atoms with E-state index in [0.717, 1.165) is 16.9 Å². The fourth-order valence-electron chi connectivity index (χ4n) is 3.05. The number of nitrogens with one attached hydrogen (secondary N) is 1. The number of sulfonamides is 1. The van der Waals surface area contributed by atoms with Crippen LogP contribution in [-0.2, 0) is 32.6 Å². The number of hydrogen-bond donors (Lipinski definition) is 1. The van der Waals surface area contributed by atoms with Crippen LogP contribution in [0.25, 0.3) is 0 Å². The summed E-state index contributed by atoms with van der Waals surface area (Å²) in [5, 5.41) is 2.50. The molecular weight excluding hydrogens is 370 g/mol. The quantitative estimate of drug-likeness (QED) is 0.702. The number of ether oxygens (including phenoxy) is 1. The molecule has 0 saturated carbocycles. The maximum absolute atomic E-state index is 12.6. The Balaban J connectivity index is 1.56. The molecule has 2 heterocycles. The number of allylic oxidation sites excluding steroid dienone is 1. The van der Waals surface area contributed by atoms with E-state index in [9.17, 15) is 18.0 Å². The Bertz CT molecular complexity index is 908. The summed E-state index contributed by atoms with van der Waals surface area (Å²) < 4.78 is 31.8. The summed E-state index contributed by atoms with van der Waals surface area (Å²) >= 11 is 0. The number of benzene rings is 1. The van der Waals surface area contributed by atoms with Crippen molar-refractivity contribution >= 4 is 28.1 Å². The monoisotopic (exact) mass is 391 g/mol. The van der Waals surface area contributed by atoms with Crippen LogP contribution < -0.4 is 10.1 Å². The van der Waals surface area contributed by atoms with Crippen molar-refractivity contribution in [3.8, 4) is 5.75 Å². The molecule has 2 amide bonds. The van der Waals surface area contributed by atoms with Crippen LogP contribution in [0.2, 0.25) is 0 Å². The summed E-state index contributed by atoms with van der Waals surface area (Å²) in [6.07, 6.45) is 4.88. The molecule has 0 saturated heterocycles. The normalized spacial score (nSPS) is 19.6. The zero-order chi connectivity index (χ0) is 19.4. The van der Waals surface area contributed by atoms with E-state index in [2.05, 4.69) is 10.3 Å². The number of carbonyl (C=O) groups is 2. The van der Waals surface area contributed by atoms with Crippen LogP contribution in [0.4, 0.5) is 0 Å². The van der Waals surface area contributed by atoms with Gasteiger partial charge in [0, 0.05) is 25.8 Å². The Labute approximate surface area is 158 Å². The lowest BCUT2D eigenvalue weighted by atomic mass is 10.0. The van der Waals surface area contributed by atoms with Gasteiger partial charge in [-0.3, -0.25) is 9.59 Å². The molecule has 0 aliphatic carbocycles. The molecule has 0 spiro atoms. The first-order valence-electron chi connectivity index (χ1n) is 8.57. The second kappa shape index (κ2) is 8.01. The molecule has 3 rings (SSSR count). The zero-order valence-corrected chi connectivity index (χ0v) is 15.7. The minimum Gasteiger partial charge on any atom is -0.497 e. The van der Waals surface area contributed by atoms with Crippen LogP contribution in [0.3, 0.4) is 0 Å². The van der Waals surface area contributed by atoms with Gasteiger partial charge in [-0.1, -0.05) is 12.1 Å². The molecule has 9 heteroatoms. The molecule has 1 atom stereocenters. The Hall–Kier alpha value is -2.52. The van der Waals surface area contributed by atoms with Crippen molar-refractivity contribution in [1.29, 1.82) is 0 Å². The van der Waals surface area contributed by atoms with E-state index in [4.69, 9.17) is 4.74 Å². The van der Waals surface area contributed by atoms with Crippen LogP contribution >= 0.6 is 0 Å². The molecule has 0 aromatic heterocycles. The number of aliphatic imine (C=N–C) groups is 1. The van der Waals surface area contributed by atoms with Gasteiger partial charge in [0.15, 0.2) is 0 Å². The fraction of sp³-hybridized carbons (Fsp3) is 0.389. The molecule has 2 aliphatic heterocycles. The SMILES string of the molecule is COc1ccc2c(c1)CCN(S(=O)(=O)CCNC(=O)C1C=CC=NC1=O)C2. The van der Waals surface area contributed by atoms with Gasteiger partial charge >= 0.3 is 0 Å². The van der Waals surface area contributed by atoms with Gasteiger partial charge in [-0.2, -0.15) is 4.31 Å². The van der Waals surface area contributed by atoms with E-state index in [1.165, 1.54) is 22.7 Å². The van der Waals surface area contributed by atoms with Gasteiger partial charge in [0.25, 0.3) is 5.91 Å². The van der Waals surface area contributed by atoms with Crippen molar-refractivity contribution < 1.29 is 22.7 Å². The van der Waals surface area contributed by atoms with Crippen molar-refractivity contribution in [1.82, 2.24) is 9.62 Å². The third-order valence-electron chi connectivity index (χ3n) is 4.58. The van der Waals surface area contributed by atoms with E-state index in [-0.39, 0.29) is 12.3 Å². The predicted molar refractivity (Wildman–Crippen MR) is 100 cm³/mol. The molecule has 2 aliphatic rings. The van der Waals surface area contributed by atoms with E-state index < -0.39 is 27.8 Å². The summed E-state index contributed by atoms with van der Waals surface area (Å²) in [6, 6.07) is 5.61. The zero-order valence-electron chi connectivity index (χ0n) is 14.9. The molecule has 1 unspecified atom stereocenters. The predicted octanol–water partition coefficient (Wildman–Crippen LogP) is 0.283. The van der Waals surface area contributed by atoms with Crippen LogP contribution in [0.5, 0.6) is 5.75 Å². The number of dihydropyridines is 1. The topological polar surface area (TPSA) is 105 Å². The first kappa shape index (κ1) is 19.2. The van der Waals surface area contributed by atoms with Gasteiger partial charge in [-0.05, 0) is 35.8 Å². The van der Waals surface area contributed by atoms with E-state index >= 15 is 0 Å². The number of nitrogens with zero attached hydrogens (tertiary/aromatic N) is 2. The maximum Gasteiger partial charge on any atom is 0.262 e. The van der Waals surface area contributed by atoms with Crippen molar-refractivity contribution in [3.63, 3.8) is 0 Å². The van der Waals surface area contributed by atoms with Gasteiger partial charge in [-0.15, -0.1) is 0 Å². The molecule has 27 heavy (non-hydrogen) atoms. The molecule has 0 fully saturated rings. The summed E-state index contributed by atoms with van der Waals surface area (Å²) in [4.78, 5) is 27.1. The molecule has 0 bridgehead atoms. The Morgan fingerprint density at radius 2 is 2.19 bits per heavy atom.